The van der Waals surface area contributed by atoms with E-state index in [9.17, 15) is 24.1 Å². The predicted molar refractivity (Wildman–Crippen MR) is 149 cm³/mol. The summed E-state index contributed by atoms with van der Waals surface area (Å²) in [5, 5.41) is 13.9. The van der Waals surface area contributed by atoms with Gasteiger partial charge in [0.15, 0.2) is 6.23 Å². The van der Waals surface area contributed by atoms with Crippen LogP contribution in [0.15, 0.2) is 82.5 Å². The lowest BCUT2D eigenvalue weighted by atomic mass is 9.86. The largest absolute Gasteiger partial charge is 0.460 e. The fraction of sp³-hybridized carbons (Fsp3) is 0.393. The number of esters is 1. The van der Waals surface area contributed by atoms with E-state index in [0.717, 1.165) is 16.2 Å². The van der Waals surface area contributed by atoms with Crippen molar-refractivity contribution in [3.05, 3.63) is 99.3 Å². The fourth-order valence-corrected chi connectivity index (χ4v) is 6.43. The highest BCUT2D eigenvalue weighted by Crippen LogP contribution is 2.50. The Kier molecular flexibility index (Phi) is 9.07. The number of H-pyrrole nitrogens is 1. The third kappa shape index (κ3) is 6.41. The number of carbonyl (C=O) groups excluding carboxylic acids is 1. The summed E-state index contributed by atoms with van der Waals surface area (Å²) in [5.41, 5.74) is -1.82. The Morgan fingerprint density at radius 3 is 2.48 bits per heavy atom. The summed E-state index contributed by atoms with van der Waals surface area (Å²) in [7, 11) is -4.28. The number of aromatic amines is 1. The normalized spacial score (nSPS) is 25.3. The van der Waals surface area contributed by atoms with Gasteiger partial charge in [-0.05, 0) is 24.1 Å². The summed E-state index contributed by atoms with van der Waals surface area (Å²) in [6, 6.07) is 17.5. The number of nitrogens with one attached hydrogen (secondary N) is 2. The molecular formula is C28H32N3O10P. The van der Waals surface area contributed by atoms with Crippen molar-refractivity contribution in [3.63, 3.8) is 0 Å². The van der Waals surface area contributed by atoms with Gasteiger partial charge in [-0.15, -0.1) is 0 Å². The fourth-order valence-electron chi connectivity index (χ4n) is 4.84. The molecule has 2 saturated heterocycles. The predicted octanol–water partition coefficient (Wildman–Crippen LogP) is 2.27. The van der Waals surface area contributed by atoms with Crippen LogP contribution in [0.5, 0.6) is 5.75 Å². The first-order valence-electron chi connectivity index (χ1n) is 13.5. The summed E-state index contributed by atoms with van der Waals surface area (Å²) in [6.07, 6.45) is -1.65. The van der Waals surface area contributed by atoms with Gasteiger partial charge in [0.2, 0.25) is 0 Å². The smallest absolute Gasteiger partial charge is 0.459 e. The lowest BCUT2D eigenvalue weighted by Gasteiger charge is -2.44. The molecule has 1 aromatic heterocycles. The van der Waals surface area contributed by atoms with Crippen LogP contribution in [0.3, 0.4) is 0 Å². The highest BCUT2D eigenvalue weighted by Gasteiger charge is 2.62. The Morgan fingerprint density at radius 1 is 1.17 bits per heavy atom. The number of nitrogens with zero attached hydrogens (tertiary/aromatic N) is 1. The molecule has 0 radical (unpaired) electrons. The molecule has 0 bridgehead atoms. The lowest BCUT2D eigenvalue weighted by Crippen LogP contribution is -2.57. The van der Waals surface area contributed by atoms with E-state index < -0.39 is 61.7 Å². The minimum absolute atomic E-state index is 0.0260. The average molecular weight is 602 g/mol. The minimum atomic E-state index is -4.28. The Balaban J connectivity index is 1.32. The van der Waals surface area contributed by atoms with Crippen molar-refractivity contribution in [2.45, 2.75) is 56.5 Å². The number of aromatic nitrogens is 2. The highest BCUT2D eigenvalue weighted by molar-refractivity contribution is 7.52. The topological polar surface area (TPSA) is 167 Å². The van der Waals surface area contributed by atoms with E-state index in [1.165, 1.54) is 6.20 Å². The first kappa shape index (κ1) is 29.9. The molecule has 224 valence electrons. The van der Waals surface area contributed by atoms with E-state index in [1.54, 1.807) is 37.3 Å². The van der Waals surface area contributed by atoms with Crippen molar-refractivity contribution >= 4 is 13.7 Å². The lowest BCUT2D eigenvalue weighted by molar-refractivity contribution is -0.227. The number of para-hydroxylation sites is 1. The van der Waals surface area contributed by atoms with E-state index in [1.807, 2.05) is 30.3 Å². The van der Waals surface area contributed by atoms with Crippen LogP contribution in [0.25, 0.3) is 0 Å². The van der Waals surface area contributed by atoms with Crippen molar-refractivity contribution in [1.29, 1.82) is 0 Å². The van der Waals surface area contributed by atoms with Gasteiger partial charge in [0.25, 0.3) is 5.56 Å². The Labute approximate surface area is 240 Å². The van der Waals surface area contributed by atoms with Crippen LogP contribution in [0, 0.1) is 0 Å². The summed E-state index contributed by atoms with van der Waals surface area (Å²) in [5.74, 6) is -0.441. The molecule has 13 nitrogen and oxygen atoms in total. The second-order valence-electron chi connectivity index (χ2n) is 9.92. The summed E-state index contributed by atoms with van der Waals surface area (Å²) in [6.45, 7) is 1.61. The summed E-state index contributed by atoms with van der Waals surface area (Å²) < 4.78 is 43.8. The maximum atomic E-state index is 14.1. The second kappa shape index (κ2) is 12.7. The molecule has 1 unspecified atom stereocenters. The summed E-state index contributed by atoms with van der Waals surface area (Å²) >= 11 is 0. The van der Waals surface area contributed by atoms with Gasteiger partial charge in [-0.25, -0.2) is 9.36 Å². The van der Waals surface area contributed by atoms with Crippen LogP contribution in [-0.2, 0) is 34.7 Å². The maximum absolute atomic E-state index is 14.1. The Morgan fingerprint density at radius 2 is 1.86 bits per heavy atom. The number of benzene rings is 2. The molecule has 2 aliphatic heterocycles. The molecule has 0 amide bonds. The summed E-state index contributed by atoms with van der Waals surface area (Å²) in [4.78, 5) is 39.1. The molecular weight excluding hydrogens is 569 g/mol. The molecule has 0 saturated carbocycles. The number of carbonyl (C=O) groups is 1. The van der Waals surface area contributed by atoms with E-state index in [4.69, 9.17) is 23.3 Å². The third-order valence-electron chi connectivity index (χ3n) is 7.15. The number of rotatable bonds is 12. The molecule has 5 rings (SSSR count). The minimum Gasteiger partial charge on any atom is -0.460 e. The number of aliphatic hydroxyl groups excluding tert-OH is 1. The monoisotopic (exact) mass is 601 g/mol. The van der Waals surface area contributed by atoms with Crippen LogP contribution in [0.4, 0.5) is 0 Å². The Hall–Kier alpha value is -3.58. The van der Waals surface area contributed by atoms with Crippen molar-refractivity contribution in [2.24, 2.45) is 0 Å². The van der Waals surface area contributed by atoms with Gasteiger partial charge in [-0.2, -0.15) is 5.09 Å². The van der Waals surface area contributed by atoms with Gasteiger partial charge in [-0.1, -0.05) is 55.5 Å². The zero-order valence-electron chi connectivity index (χ0n) is 22.8. The molecule has 0 aliphatic carbocycles. The molecule has 3 aromatic rings. The second-order valence-corrected chi connectivity index (χ2v) is 11.6. The number of hydrogen-bond acceptors (Lipinski definition) is 10. The first-order chi connectivity index (χ1) is 20.2. The van der Waals surface area contributed by atoms with Crippen LogP contribution in [0.2, 0.25) is 0 Å². The van der Waals surface area contributed by atoms with E-state index in [2.05, 4.69) is 10.1 Å². The molecule has 2 aromatic carbocycles. The standard InChI is InChI=1S/C28H32N3O10P/c1-2-21(25(34)37-17-19-9-5-3-6-10-19)30-42(36,41-20-11-7-4-8-12-20)39-18-22-24(33)28(14-16-38-28)26(40-22)31-15-13-23(32)29-27(31)35/h3-13,15,21-22,24,26,33H,2,14,16-18H2,1H3,(H,30,36)(H,29,32,35)/t21?,22-,24-,26-,28-,42+/m1/s1. The zero-order chi connectivity index (χ0) is 29.7. The van der Waals surface area contributed by atoms with Gasteiger partial charge in [0, 0.05) is 18.7 Å². The van der Waals surface area contributed by atoms with Crippen molar-refractivity contribution in [2.75, 3.05) is 13.2 Å². The molecule has 14 heteroatoms. The molecule has 3 heterocycles. The average Bonchev–Trinajstić information content (AvgIpc) is 3.27. The number of aliphatic hydroxyl groups is 1. The quantitative estimate of drug-likeness (QED) is 0.206. The molecule has 6 atom stereocenters. The van der Waals surface area contributed by atoms with Gasteiger partial charge in [-0.3, -0.25) is 23.7 Å². The molecule has 42 heavy (non-hydrogen) atoms. The van der Waals surface area contributed by atoms with E-state index in [0.29, 0.717) is 13.0 Å². The van der Waals surface area contributed by atoms with E-state index in [-0.39, 0.29) is 18.8 Å². The Bertz CT molecular complexity index is 1530. The van der Waals surface area contributed by atoms with Crippen LogP contribution >= 0.6 is 7.75 Å². The highest BCUT2D eigenvalue weighted by atomic mass is 31.2. The van der Waals surface area contributed by atoms with Gasteiger partial charge in [0.05, 0.1) is 13.2 Å². The van der Waals surface area contributed by atoms with Crippen molar-refractivity contribution in [1.82, 2.24) is 14.6 Å². The van der Waals surface area contributed by atoms with E-state index >= 15 is 0 Å². The van der Waals surface area contributed by atoms with Crippen LogP contribution < -0.4 is 20.9 Å². The van der Waals surface area contributed by atoms with Crippen LogP contribution in [-0.4, -0.2) is 57.7 Å². The molecule has 3 N–H and O–H groups in total. The SMILES string of the molecule is CCC(N[P@](=O)(OC[C@H]1O[C@@H](n2ccc(=O)[nH]c2=O)[C@@]2(CCO2)[C@@H]1O)Oc1ccccc1)C(=O)OCc1ccccc1. The number of ether oxygens (including phenoxy) is 3. The molecule has 1 spiro atoms. The first-order valence-corrected chi connectivity index (χ1v) is 15.0. The van der Waals surface area contributed by atoms with Crippen molar-refractivity contribution in [3.8, 4) is 5.75 Å². The zero-order valence-corrected chi connectivity index (χ0v) is 23.7. The van der Waals surface area contributed by atoms with Crippen LogP contribution in [0.1, 0.15) is 31.6 Å². The van der Waals surface area contributed by atoms with Gasteiger partial charge >= 0.3 is 19.4 Å². The molecule has 2 fully saturated rings. The number of hydrogen-bond donors (Lipinski definition) is 3. The van der Waals surface area contributed by atoms with Gasteiger partial charge in [0.1, 0.15) is 36.2 Å². The third-order valence-corrected chi connectivity index (χ3v) is 8.72. The van der Waals surface area contributed by atoms with Gasteiger partial charge < -0.3 is 23.8 Å². The molecule has 2 aliphatic rings. The van der Waals surface area contributed by atoms with Crippen molar-refractivity contribution < 1.29 is 37.7 Å². The maximum Gasteiger partial charge on any atom is 0.459 e.